The summed E-state index contributed by atoms with van der Waals surface area (Å²) in [6, 6.07) is 0. The minimum Gasteiger partial charge on any atom is -0.339 e. The van der Waals surface area contributed by atoms with Gasteiger partial charge in [-0.15, -0.1) is 12.4 Å². The monoisotopic (exact) mass is 332 g/mol. The second-order valence-electron chi connectivity index (χ2n) is 6.09. The molecule has 1 aliphatic heterocycles. The van der Waals surface area contributed by atoms with E-state index in [9.17, 15) is 0 Å². The Hall–Kier alpha value is -1.72. The van der Waals surface area contributed by atoms with Crippen LogP contribution in [0.1, 0.15) is 47.9 Å². The van der Waals surface area contributed by atoms with Crippen LogP contribution in [0.4, 0.5) is 0 Å². The highest BCUT2D eigenvalue weighted by Gasteiger charge is 2.24. The van der Waals surface area contributed by atoms with E-state index in [1.54, 1.807) is 0 Å². The number of hydrogen-bond donors (Lipinski definition) is 1. The van der Waals surface area contributed by atoms with E-state index in [2.05, 4.69) is 27.6 Å². The van der Waals surface area contributed by atoms with E-state index in [-0.39, 0.29) is 12.4 Å². The molecule has 0 saturated heterocycles. The molecule has 23 heavy (non-hydrogen) atoms. The van der Waals surface area contributed by atoms with Crippen LogP contribution in [0, 0.1) is 6.92 Å². The molecule has 2 aromatic rings. The highest BCUT2D eigenvalue weighted by atomic mass is 35.5. The average molecular weight is 333 g/mol. The molecular weight excluding hydrogens is 312 g/mol. The number of rotatable bonds is 2. The van der Waals surface area contributed by atoms with Crippen molar-refractivity contribution in [1.29, 1.82) is 0 Å². The molecule has 0 spiro atoms. The van der Waals surface area contributed by atoms with Gasteiger partial charge in [0.1, 0.15) is 0 Å². The summed E-state index contributed by atoms with van der Waals surface area (Å²) in [7, 11) is 0. The second-order valence-corrected chi connectivity index (χ2v) is 6.09. The highest BCUT2D eigenvalue weighted by Crippen LogP contribution is 2.32. The van der Waals surface area contributed by atoms with Crippen molar-refractivity contribution < 1.29 is 4.52 Å². The third-order valence-corrected chi connectivity index (χ3v) is 4.62. The van der Waals surface area contributed by atoms with Crippen molar-refractivity contribution in [3.8, 4) is 11.4 Å². The summed E-state index contributed by atoms with van der Waals surface area (Å²) in [5, 5.41) is 7.64. The zero-order chi connectivity index (χ0) is 14.9. The second kappa shape index (κ2) is 6.81. The van der Waals surface area contributed by atoms with Crippen LogP contribution in [-0.4, -0.2) is 21.7 Å². The van der Waals surface area contributed by atoms with Gasteiger partial charge < -0.3 is 9.84 Å². The first-order chi connectivity index (χ1) is 10.8. The average Bonchev–Trinajstić information content (AvgIpc) is 3.05. The minimum atomic E-state index is 0. The lowest BCUT2D eigenvalue weighted by atomic mass is 9.94. The third-order valence-electron chi connectivity index (χ3n) is 4.62. The Morgan fingerprint density at radius 1 is 1.30 bits per heavy atom. The molecule has 0 aromatic carbocycles. The lowest BCUT2D eigenvalue weighted by Crippen LogP contribution is -2.24. The highest BCUT2D eigenvalue weighted by molar-refractivity contribution is 5.85. The van der Waals surface area contributed by atoms with Crippen LogP contribution in [0.15, 0.2) is 22.9 Å². The van der Waals surface area contributed by atoms with Crippen molar-refractivity contribution in [1.82, 2.24) is 20.4 Å². The van der Waals surface area contributed by atoms with E-state index < -0.39 is 0 Å². The van der Waals surface area contributed by atoms with Gasteiger partial charge in [-0.2, -0.15) is 4.98 Å². The minimum absolute atomic E-state index is 0. The molecule has 5 nitrogen and oxygen atoms in total. The van der Waals surface area contributed by atoms with Crippen molar-refractivity contribution in [2.24, 2.45) is 0 Å². The van der Waals surface area contributed by atoms with Crippen LogP contribution in [0.2, 0.25) is 0 Å². The Kier molecular flexibility index (Phi) is 4.78. The molecule has 3 heterocycles. The van der Waals surface area contributed by atoms with E-state index in [4.69, 9.17) is 9.51 Å². The maximum atomic E-state index is 5.57. The molecule has 122 valence electrons. The molecule has 1 aliphatic carbocycles. The van der Waals surface area contributed by atoms with Crippen LogP contribution in [0.5, 0.6) is 0 Å². The zero-order valence-corrected chi connectivity index (χ0v) is 14.0. The quantitative estimate of drug-likeness (QED) is 0.855. The number of aryl methyl sites for hydroxylation is 1. The van der Waals surface area contributed by atoms with Gasteiger partial charge >= 0.3 is 0 Å². The van der Waals surface area contributed by atoms with Gasteiger partial charge in [0.25, 0.3) is 0 Å². The summed E-state index contributed by atoms with van der Waals surface area (Å²) in [4.78, 5) is 9.22. The van der Waals surface area contributed by atoms with Crippen LogP contribution < -0.4 is 5.32 Å². The van der Waals surface area contributed by atoms with Gasteiger partial charge in [0.15, 0.2) is 0 Å². The van der Waals surface area contributed by atoms with Crippen molar-refractivity contribution in [3.63, 3.8) is 0 Å². The fourth-order valence-corrected chi connectivity index (χ4v) is 3.39. The van der Waals surface area contributed by atoms with Crippen LogP contribution in [-0.2, 0) is 13.0 Å². The van der Waals surface area contributed by atoms with Crippen molar-refractivity contribution in [2.45, 2.75) is 45.1 Å². The fourth-order valence-electron chi connectivity index (χ4n) is 3.39. The smallest absolute Gasteiger partial charge is 0.230 e. The molecule has 2 aromatic heterocycles. The number of allylic oxidation sites excluding steroid dienone is 2. The molecule has 1 unspecified atom stereocenters. The number of nitrogens with one attached hydrogen (secondary N) is 1. The molecule has 2 aliphatic rings. The van der Waals surface area contributed by atoms with Crippen LogP contribution in [0.25, 0.3) is 11.4 Å². The van der Waals surface area contributed by atoms with E-state index in [1.165, 1.54) is 11.1 Å². The molecule has 0 fully saturated rings. The normalized spacial score (nSPS) is 20.0. The summed E-state index contributed by atoms with van der Waals surface area (Å²) in [6.07, 6.45) is 10.6. The van der Waals surface area contributed by atoms with E-state index in [0.29, 0.717) is 11.7 Å². The van der Waals surface area contributed by atoms with Gasteiger partial charge in [0.2, 0.25) is 11.7 Å². The number of aromatic nitrogens is 3. The molecule has 4 rings (SSSR count). The number of halogens is 1. The van der Waals surface area contributed by atoms with E-state index in [1.807, 2.05) is 13.1 Å². The molecule has 1 N–H and O–H groups in total. The predicted molar refractivity (Wildman–Crippen MR) is 90.7 cm³/mol. The van der Waals surface area contributed by atoms with Crippen molar-refractivity contribution >= 4 is 12.4 Å². The van der Waals surface area contributed by atoms with Gasteiger partial charge in [-0.3, -0.25) is 4.98 Å². The molecule has 0 radical (unpaired) electrons. The Balaban J connectivity index is 0.00000156. The number of nitrogens with zero attached hydrogens (tertiary/aromatic N) is 3. The Bertz CT molecular complexity index is 725. The molecule has 6 heteroatoms. The Morgan fingerprint density at radius 2 is 2.22 bits per heavy atom. The summed E-state index contributed by atoms with van der Waals surface area (Å²) in [5.74, 6) is 1.83. The number of hydrogen-bond acceptors (Lipinski definition) is 5. The SMILES string of the molecule is Cc1ncc2c(c1-c1noc(C3CC=CCC3)n1)CCNC2.Cl. The fraction of sp³-hybridized carbons (Fsp3) is 0.471. The summed E-state index contributed by atoms with van der Waals surface area (Å²) in [6.45, 7) is 3.88. The van der Waals surface area contributed by atoms with Gasteiger partial charge in [-0.05, 0) is 50.3 Å². The van der Waals surface area contributed by atoms with Crippen LogP contribution in [0.3, 0.4) is 0 Å². The molecule has 1 atom stereocenters. The van der Waals surface area contributed by atoms with Crippen molar-refractivity contribution in [3.05, 3.63) is 41.1 Å². The van der Waals surface area contributed by atoms with Gasteiger partial charge in [0, 0.05) is 29.9 Å². The molecule has 0 saturated carbocycles. The maximum absolute atomic E-state index is 5.57. The largest absolute Gasteiger partial charge is 0.339 e. The third kappa shape index (κ3) is 3.03. The van der Waals surface area contributed by atoms with Crippen LogP contribution >= 0.6 is 12.4 Å². The number of fused-ring (bicyclic) bond motifs is 1. The maximum Gasteiger partial charge on any atom is 0.230 e. The van der Waals surface area contributed by atoms with E-state index >= 15 is 0 Å². The predicted octanol–water partition coefficient (Wildman–Crippen LogP) is 3.33. The zero-order valence-electron chi connectivity index (χ0n) is 13.2. The Morgan fingerprint density at radius 3 is 3.04 bits per heavy atom. The van der Waals surface area contributed by atoms with Gasteiger partial charge in [0.05, 0.1) is 0 Å². The molecular formula is C17H21ClN4O. The van der Waals surface area contributed by atoms with Gasteiger partial charge in [-0.25, -0.2) is 0 Å². The van der Waals surface area contributed by atoms with Gasteiger partial charge in [-0.1, -0.05) is 17.3 Å². The van der Waals surface area contributed by atoms with Crippen molar-refractivity contribution in [2.75, 3.05) is 6.54 Å². The summed E-state index contributed by atoms with van der Waals surface area (Å²) >= 11 is 0. The number of pyridine rings is 1. The summed E-state index contributed by atoms with van der Waals surface area (Å²) in [5.41, 5.74) is 4.62. The first-order valence-electron chi connectivity index (χ1n) is 8.00. The first-order valence-corrected chi connectivity index (χ1v) is 8.00. The standard InChI is InChI=1S/C17H20N4O.ClH/c1-11-15(14-7-8-18-9-13(14)10-19-11)16-20-17(22-21-16)12-5-3-2-4-6-12;/h2-3,10,12,18H,4-9H2,1H3;1H. The molecule has 0 bridgehead atoms. The summed E-state index contributed by atoms with van der Waals surface area (Å²) < 4.78 is 5.57. The molecule has 0 amide bonds. The first kappa shape index (κ1) is 16.1. The lowest BCUT2D eigenvalue weighted by molar-refractivity contribution is 0.344. The lowest BCUT2D eigenvalue weighted by Gasteiger charge is -2.19. The Labute approximate surface area is 142 Å². The topological polar surface area (TPSA) is 63.8 Å². The van der Waals surface area contributed by atoms with E-state index in [0.717, 1.165) is 55.9 Å².